The highest BCUT2D eigenvalue weighted by Gasteiger charge is 2.43. The molecule has 3 unspecified atom stereocenters. The number of carbonyl (C=O) groups is 1. The number of allylic oxidation sites excluding steroid dienone is 1. The van der Waals surface area contributed by atoms with Crippen LogP contribution in [0.5, 0.6) is 0 Å². The highest BCUT2D eigenvalue weighted by molar-refractivity contribution is 7.99. The van der Waals surface area contributed by atoms with Crippen LogP contribution in [0.1, 0.15) is 72.8 Å². The van der Waals surface area contributed by atoms with Gasteiger partial charge in [0.25, 0.3) is 0 Å². The number of hydrogen-bond donors (Lipinski definition) is 1. The number of nitrogens with one attached hydrogen (secondary N) is 1. The molecule has 1 aromatic carbocycles. The van der Waals surface area contributed by atoms with Gasteiger partial charge in [-0.15, -0.1) is 28.1 Å². The molecule has 0 aliphatic heterocycles. The second kappa shape index (κ2) is 10.5. The van der Waals surface area contributed by atoms with Crippen LogP contribution in [0.15, 0.2) is 48.1 Å². The third-order valence-electron chi connectivity index (χ3n) is 7.59. The third-order valence-corrected chi connectivity index (χ3v) is 9.73. The van der Waals surface area contributed by atoms with E-state index in [0.29, 0.717) is 34.9 Å². The lowest BCUT2D eigenvalue weighted by Gasteiger charge is -2.33. The first-order chi connectivity index (χ1) is 17.8. The number of thioether (sulfide) groups is 1. The van der Waals surface area contributed by atoms with Crippen molar-refractivity contribution in [3.8, 4) is 6.07 Å². The number of thiophene rings is 1. The summed E-state index contributed by atoms with van der Waals surface area (Å²) in [6.45, 7) is 11.4. The van der Waals surface area contributed by atoms with Crippen LogP contribution in [0.4, 0.5) is 5.00 Å². The molecule has 192 valence electrons. The summed E-state index contributed by atoms with van der Waals surface area (Å²) in [6.07, 6.45) is 5.86. The highest BCUT2D eigenvalue weighted by Crippen LogP contribution is 2.54. The molecule has 0 bridgehead atoms. The van der Waals surface area contributed by atoms with Crippen LogP contribution in [0.2, 0.25) is 0 Å². The van der Waals surface area contributed by atoms with Crippen LogP contribution in [0, 0.1) is 22.7 Å². The van der Waals surface area contributed by atoms with Gasteiger partial charge in [0.05, 0.1) is 11.3 Å². The number of hydrogen-bond acceptors (Lipinski definition) is 6. The van der Waals surface area contributed by atoms with Gasteiger partial charge in [-0.1, -0.05) is 68.9 Å². The Morgan fingerprint density at radius 2 is 2.08 bits per heavy atom. The Balaban J connectivity index is 1.25. The fourth-order valence-corrected chi connectivity index (χ4v) is 7.40. The van der Waals surface area contributed by atoms with Crippen LogP contribution >= 0.6 is 23.1 Å². The second-order valence-electron chi connectivity index (χ2n) is 11.1. The fraction of sp³-hybridized carbons (Fsp3) is 0.448. The number of benzene rings is 1. The molecule has 37 heavy (non-hydrogen) atoms. The molecule has 3 aromatic rings. The van der Waals surface area contributed by atoms with E-state index < -0.39 is 0 Å². The van der Waals surface area contributed by atoms with Crippen molar-refractivity contribution >= 4 is 34.0 Å². The molecule has 0 saturated heterocycles. The molecule has 0 spiro atoms. The molecular weight excluding hydrogens is 498 g/mol. The molecule has 1 N–H and O–H groups in total. The van der Waals surface area contributed by atoms with Gasteiger partial charge in [0.2, 0.25) is 5.91 Å². The zero-order valence-corrected chi connectivity index (χ0v) is 23.3. The van der Waals surface area contributed by atoms with Gasteiger partial charge in [0.15, 0.2) is 5.16 Å². The maximum Gasteiger partial charge on any atom is 0.235 e. The number of rotatable bonds is 8. The molecule has 5 rings (SSSR count). The van der Waals surface area contributed by atoms with Crippen LogP contribution in [-0.4, -0.2) is 26.4 Å². The zero-order valence-electron chi connectivity index (χ0n) is 21.7. The lowest BCUT2D eigenvalue weighted by atomic mass is 9.72. The SMILES string of the molecule is C=CCn1c(SCC(=O)Nc2sc3c(c2C#N)CCC(C(C)(C)C)C3)nnc1C1CC1c1ccccc1. The molecule has 1 saturated carbocycles. The van der Waals surface area contributed by atoms with Crippen LogP contribution in [0.25, 0.3) is 0 Å². The Kier molecular flexibility index (Phi) is 7.28. The predicted octanol–water partition coefficient (Wildman–Crippen LogP) is 6.55. The number of carbonyl (C=O) groups excluding carboxylic acids is 1. The molecular formula is C29H33N5OS2. The van der Waals surface area contributed by atoms with Crippen molar-refractivity contribution in [3.63, 3.8) is 0 Å². The van der Waals surface area contributed by atoms with Crippen molar-refractivity contribution in [1.82, 2.24) is 14.8 Å². The Bertz CT molecular complexity index is 1350. The summed E-state index contributed by atoms with van der Waals surface area (Å²) in [4.78, 5) is 14.2. The highest BCUT2D eigenvalue weighted by atomic mass is 32.2. The summed E-state index contributed by atoms with van der Waals surface area (Å²) in [6, 6.07) is 12.9. The first-order valence-electron chi connectivity index (χ1n) is 12.9. The smallest absolute Gasteiger partial charge is 0.235 e. The third kappa shape index (κ3) is 5.39. The first-order valence-corrected chi connectivity index (χ1v) is 14.7. The van der Waals surface area contributed by atoms with Crippen LogP contribution in [-0.2, 0) is 24.2 Å². The topological polar surface area (TPSA) is 83.6 Å². The van der Waals surface area contributed by atoms with Crippen LogP contribution in [0.3, 0.4) is 0 Å². The largest absolute Gasteiger partial charge is 0.316 e. The molecule has 6 nitrogen and oxygen atoms in total. The molecule has 2 heterocycles. The van der Waals surface area contributed by atoms with E-state index in [1.807, 2.05) is 12.1 Å². The van der Waals surface area contributed by atoms with E-state index in [1.54, 1.807) is 11.3 Å². The number of aromatic nitrogens is 3. The van der Waals surface area contributed by atoms with Gasteiger partial charge in [-0.05, 0) is 54.1 Å². The number of anilines is 1. The van der Waals surface area contributed by atoms with E-state index in [-0.39, 0.29) is 17.1 Å². The van der Waals surface area contributed by atoms with Crippen molar-refractivity contribution < 1.29 is 4.79 Å². The number of nitriles is 1. The lowest BCUT2D eigenvalue weighted by Crippen LogP contribution is -2.26. The minimum atomic E-state index is -0.129. The molecule has 1 amide bonds. The average molecular weight is 532 g/mol. The molecule has 0 radical (unpaired) electrons. The zero-order chi connectivity index (χ0) is 26.2. The van der Waals surface area contributed by atoms with Gasteiger partial charge in [-0.25, -0.2) is 0 Å². The van der Waals surface area contributed by atoms with E-state index in [9.17, 15) is 10.1 Å². The Morgan fingerprint density at radius 3 is 2.78 bits per heavy atom. The second-order valence-corrected chi connectivity index (χ2v) is 13.1. The van der Waals surface area contributed by atoms with Crippen molar-refractivity contribution in [3.05, 3.63) is 70.4 Å². The summed E-state index contributed by atoms with van der Waals surface area (Å²) in [5.41, 5.74) is 3.33. The van der Waals surface area contributed by atoms with Gasteiger partial charge < -0.3 is 9.88 Å². The van der Waals surface area contributed by atoms with Gasteiger partial charge in [-0.3, -0.25) is 4.79 Å². The van der Waals surface area contributed by atoms with Gasteiger partial charge in [0.1, 0.15) is 16.9 Å². The molecule has 1 fully saturated rings. The number of nitrogens with zero attached hydrogens (tertiary/aromatic N) is 4. The molecule has 2 aliphatic carbocycles. The summed E-state index contributed by atoms with van der Waals surface area (Å²) >= 11 is 2.95. The lowest BCUT2D eigenvalue weighted by molar-refractivity contribution is -0.113. The van der Waals surface area contributed by atoms with Gasteiger partial charge in [0, 0.05) is 17.3 Å². The van der Waals surface area contributed by atoms with Crippen molar-refractivity contribution in [1.29, 1.82) is 5.26 Å². The number of amides is 1. The van der Waals surface area contributed by atoms with E-state index in [0.717, 1.165) is 42.2 Å². The minimum Gasteiger partial charge on any atom is -0.316 e. The van der Waals surface area contributed by atoms with E-state index in [1.165, 1.54) is 22.2 Å². The minimum absolute atomic E-state index is 0.129. The monoisotopic (exact) mass is 531 g/mol. The van der Waals surface area contributed by atoms with Crippen molar-refractivity contribution in [2.24, 2.45) is 11.3 Å². The molecule has 3 atom stereocenters. The summed E-state index contributed by atoms with van der Waals surface area (Å²) in [5.74, 6) is 2.43. The average Bonchev–Trinajstić information content (AvgIpc) is 3.45. The standard InChI is InChI=1S/C29H33N5OS2/c1-5-13-34-26(22-15-21(22)18-9-7-6-8-10-18)32-33-28(34)36-17-25(35)31-27-23(16-30)20-12-11-19(29(2,3)4)14-24(20)37-27/h5-10,19,21-22H,1,11-15,17H2,2-4H3,(H,31,35). The molecule has 2 aliphatic rings. The summed E-state index contributed by atoms with van der Waals surface area (Å²) in [7, 11) is 0. The van der Waals surface area contributed by atoms with Crippen molar-refractivity contribution in [2.45, 2.75) is 70.0 Å². The Morgan fingerprint density at radius 1 is 1.30 bits per heavy atom. The Labute approximate surface area is 227 Å². The van der Waals surface area contributed by atoms with Gasteiger partial charge in [-0.2, -0.15) is 5.26 Å². The quantitative estimate of drug-likeness (QED) is 0.263. The summed E-state index contributed by atoms with van der Waals surface area (Å²) < 4.78 is 2.08. The molecule has 2 aromatic heterocycles. The van der Waals surface area contributed by atoms with Crippen LogP contribution < -0.4 is 5.32 Å². The Hall–Kier alpha value is -2.89. The normalized spacial score (nSPS) is 20.6. The van der Waals surface area contributed by atoms with Crippen molar-refractivity contribution in [2.75, 3.05) is 11.1 Å². The van der Waals surface area contributed by atoms with Gasteiger partial charge >= 0.3 is 0 Å². The summed E-state index contributed by atoms with van der Waals surface area (Å²) in [5, 5.41) is 23.2. The maximum atomic E-state index is 12.9. The van der Waals surface area contributed by atoms with E-state index in [2.05, 4.69) is 77.8 Å². The predicted molar refractivity (Wildman–Crippen MR) is 150 cm³/mol. The fourth-order valence-electron chi connectivity index (χ4n) is 5.36. The van der Waals surface area contributed by atoms with E-state index >= 15 is 0 Å². The molecule has 8 heteroatoms. The first kappa shape index (κ1) is 25.7. The maximum absolute atomic E-state index is 12.9. The number of fused-ring (bicyclic) bond motifs is 1. The van der Waals surface area contributed by atoms with E-state index in [4.69, 9.17) is 0 Å².